The predicted octanol–water partition coefficient (Wildman–Crippen LogP) is 2.64. The molecule has 0 aliphatic rings. The summed E-state index contributed by atoms with van der Waals surface area (Å²) in [5, 5.41) is 2.14. The molecule has 0 aliphatic carbocycles. The van der Waals surface area contributed by atoms with Gasteiger partial charge in [-0.1, -0.05) is 48.5 Å². The van der Waals surface area contributed by atoms with Crippen LogP contribution in [0, 0.1) is 0 Å². The van der Waals surface area contributed by atoms with Crippen molar-refractivity contribution in [2.24, 2.45) is 0 Å². The van der Waals surface area contributed by atoms with Crippen LogP contribution in [0.25, 0.3) is 0 Å². The number of amides is 2. The highest BCUT2D eigenvalue weighted by molar-refractivity contribution is 5.99. The van der Waals surface area contributed by atoms with E-state index < -0.39 is 24.3 Å². The number of rotatable bonds is 6. The van der Waals surface area contributed by atoms with Crippen LogP contribution >= 0.6 is 0 Å². The zero-order chi connectivity index (χ0) is 17.5. The third kappa shape index (κ3) is 4.62. The maximum absolute atomic E-state index is 12.7. The van der Waals surface area contributed by atoms with Gasteiger partial charge in [-0.05, 0) is 17.7 Å². The lowest BCUT2D eigenvalue weighted by Gasteiger charge is -2.25. The van der Waals surface area contributed by atoms with Gasteiger partial charge in [0.2, 0.25) is 5.91 Å². The highest BCUT2D eigenvalue weighted by Crippen LogP contribution is 2.14. The van der Waals surface area contributed by atoms with Crippen LogP contribution in [-0.2, 0) is 16.0 Å². The van der Waals surface area contributed by atoms with Gasteiger partial charge in [-0.3, -0.25) is 9.59 Å². The number of benzene rings is 2. The third-order valence-corrected chi connectivity index (χ3v) is 3.57. The standard InChI is InChI=1S/C18H18F2N2O2/c1-22(14-10-6-3-7-11-14)18(24)15(21-17(23)16(19)20)12-13-8-4-2-5-9-13/h2-11,15-16H,12H2,1H3,(H,21,23)/t15-/m0/s1. The molecule has 0 aliphatic heterocycles. The molecule has 4 nitrogen and oxygen atoms in total. The number of nitrogens with one attached hydrogen (secondary N) is 1. The lowest BCUT2D eigenvalue weighted by molar-refractivity contribution is -0.135. The predicted molar refractivity (Wildman–Crippen MR) is 87.9 cm³/mol. The Kier molecular flexibility index (Phi) is 6.01. The summed E-state index contributed by atoms with van der Waals surface area (Å²) in [5.74, 6) is -1.91. The summed E-state index contributed by atoms with van der Waals surface area (Å²) in [6, 6.07) is 16.7. The Morgan fingerprint density at radius 3 is 2.08 bits per heavy atom. The van der Waals surface area contributed by atoms with Crippen molar-refractivity contribution in [3.8, 4) is 0 Å². The van der Waals surface area contributed by atoms with E-state index in [-0.39, 0.29) is 6.42 Å². The molecular weight excluding hydrogens is 314 g/mol. The Bertz CT molecular complexity index is 678. The molecule has 0 aromatic heterocycles. The quantitative estimate of drug-likeness (QED) is 0.884. The molecule has 0 saturated heterocycles. The minimum atomic E-state index is -3.17. The number of alkyl halides is 2. The Hall–Kier alpha value is -2.76. The molecule has 2 aromatic carbocycles. The highest BCUT2D eigenvalue weighted by atomic mass is 19.3. The van der Waals surface area contributed by atoms with Crippen molar-refractivity contribution in [1.29, 1.82) is 0 Å². The van der Waals surface area contributed by atoms with E-state index in [1.807, 2.05) is 12.1 Å². The zero-order valence-electron chi connectivity index (χ0n) is 13.2. The minimum absolute atomic E-state index is 0.134. The van der Waals surface area contributed by atoms with Crippen LogP contribution in [0.5, 0.6) is 0 Å². The maximum Gasteiger partial charge on any atom is 0.315 e. The summed E-state index contributed by atoms with van der Waals surface area (Å²) < 4.78 is 25.2. The monoisotopic (exact) mass is 332 g/mol. The van der Waals surface area contributed by atoms with E-state index in [0.29, 0.717) is 5.69 Å². The van der Waals surface area contributed by atoms with Crippen molar-refractivity contribution in [3.63, 3.8) is 0 Å². The van der Waals surface area contributed by atoms with Crippen LogP contribution < -0.4 is 10.2 Å². The number of nitrogens with zero attached hydrogens (tertiary/aromatic N) is 1. The van der Waals surface area contributed by atoms with Gasteiger partial charge in [-0.2, -0.15) is 8.78 Å². The number of hydrogen-bond donors (Lipinski definition) is 1. The van der Waals surface area contributed by atoms with Crippen molar-refractivity contribution in [2.75, 3.05) is 11.9 Å². The first-order valence-corrected chi connectivity index (χ1v) is 7.44. The number of anilines is 1. The van der Waals surface area contributed by atoms with E-state index in [4.69, 9.17) is 0 Å². The molecule has 0 unspecified atom stereocenters. The van der Waals surface area contributed by atoms with Crippen LogP contribution in [0.2, 0.25) is 0 Å². The van der Waals surface area contributed by atoms with E-state index in [1.165, 1.54) is 4.90 Å². The summed E-state index contributed by atoms with van der Waals surface area (Å²) in [6.07, 6.45) is -3.03. The lowest BCUT2D eigenvalue weighted by atomic mass is 10.0. The molecular formula is C18H18F2N2O2. The molecule has 2 rings (SSSR count). The Morgan fingerprint density at radius 1 is 1.00 bits per heavy atom. The fraction of sp³-hybridized carbons (Fsp3) is 0.222. The smallest absolute Gasteiger partial charge is 0.315 e. The van der Waals surface area contributed by atoms with Crippen molar-refractivity contribution >= 4 is 17.5 Å². The number of hydrogen-bond acceptors (Lipinski definition) is 2. The summed E-state index contributed by atoms with van der Waals surface area (Å²) >= 11 is 0. The fourth-order valence-corrected chi connectivity index (χ4v) is 2.30. The third-order valence-electron chi connectivity index (χ3n) is 3.57. The SMILES string of the molecule is CN(C(=O)[C@H](Cc1ccccc1)NC(=O)C(F)F)c1ccccc1. The maximum atomic E-state index is 12.7. The second-order valence-electron chi connectivity index (χ2n) is 5.28. The summed E-state index contributed by atoms with van der Waals surface area (Å²) in [7, 11) is 1.55. The first-order chi connectivity index (χ1) is 11.5. The van der Waals surface area contributed by atoms with Crippen molar-refractivity contribution < 1.29 is 18.4 Å². The molecule has 2 aromatic rings. The Labute approximate surface area is 139 Å². The van der Waals surface area contributed by atoms with Gasteiger partial charge in [0.25, 0.3) is 5.91 Å². The average molecular weight is 332 g/mol. The molecule has 0 spiro atoms. The van der Waals surface area contributed by atoms with E-state index >= 15 is 0 Å². The van der Waals surface area contributed by atoms with Crippen LogP contribution in [0.1, 0.15) is 5.56 Å². The molecule has 2 amide bonds. The molecule has 1 atom stereocenters. The van der Waals surface area contributed by atoms with Crippen LogP contribution in [0.4, 0.5) is 14.5 Å². The van der Waals surface area contributed by atoms with E-state index in [9.17, 15) is 18.4 Å². The minimum Gasteiger partial charge on any atom is -0.339 e. The number of halogens is 2. The van der Waals surface area contributed by atoms with Crippen molar-refractivity contribution in [2.45, 2.75) is 18.9 Å². The second-order valence-corrected chi connectivity index (χ2v) is 5.28. The van der Waals surface area contributed by atoms with Crippen LogP contribution in [0.15, 0.2) is 60.7 Å². The van der Waals surface area contributed by atoms with Gasteiger partial charge in [-0.25, -0.2) is 0 Å². The number of likely N-dealkylation sites (N-methyl/N-ethyl adjacent to an activating group) is 1. The molecule has 126 valence electrons. The largest absolute Gasteiger partial charge is 0.339 e. The first kappa shape index (κ1) is 17.6. The van der Waals surface area contributed by atoms with Crippen LogP contribution in [-0.4, -0.2) is 31.3 Å². The van der Waals surface area contributed by atoms with Crippen molar-refractivity contribution in [1.82, 2.24) is 5.32 Å². The van der Waals surface area contributed by atoms with E-state index in [1.54, 1.807) is 55.6 Å². The topological polar surface area (TPSA) is 49.4 Å². The average Bonchev–Trinajstić information content (AvgIpc) is 2.61. The van der Waals surface area contributed by atoms with Gasteiger partial charge in [0.15, 0.2) is 0 Å². The van der Waals surface area contributed by atoms with Gasteiger partial charge < -0.3 is 10.2 Å². The summed E-state index contributed by atoms with van der Waals surface area (Å²) in [4.78, 5) is 25.4. The van der Waals surface area contributed by atoms with Gasteiger partial charge >= 0.3 is 6.43 Å². The second kappa shape index (κ2) is 8.19. The van der Waals surface area contributed by atoms with Gasteiger partial charge in [0.05, 0.1) is 0 Å². The van der Waals surface area contributed by atoms with Gasteiger partial charge in [0.1, 0.15) is 6.04 Å². The normalized spacial score (nSPS) is 11.8. The molecule has 0 heterocycles. The highest BCUT2D eigenvalue weighted by Gasteiger charge is 2.28. The summed E-state index contributed by atoms with van der Waals surface area (Å²) in [6.45, 7) is 0. The zero-order valence-corrected chi connectivity index (χ0v) is 13.2. The van der Waals surface area contributed by atoms with E-state index in [2.05, 4.69) is 5.32 Å². The number of carbonyl (C=O) groups is 2. The van der Waals surface area contributed by atoms with Gasteiger partial charge in [-0.15, -0.1) is 0 Å². The fourth-order valence-electron chi connectivity index (χ4n) is 2.30. The Balaban J connectivity index is 2.20. The molecule has 0 bridgehead atoms. The molecule has 0 saturated carbocycles. The number of para-hydroxylation sites is 1. The molecule has 6 heteroatoms. The molecule has 0 radical (unpaired) electrons. The summed E-state index contributed by atoms with van der Waals surface area (Å²) in [5.41, 5.74) is 1.39. The number of carbonyl (C=O) groups excluding carboxylic acids is 2. The molecule has 1 N–H and O–H groups in total. The van der Waals surface area contributed by atoms with E-state index in [0.717, 1.165) is 5.56 Å². The Morgan fingerprint density at radius 2 is 1.54 bits per heavy atom. The first-order valence-electron chi connectivity index (χ1n) is 7.44. The van der Waals surface area contributed by atoms with Crippen LogP contribution in [0.3, 0.4) is 0 Å². The van der Waals surface area contributed by atoms with Crippen molar-refractivity contribution in [3.05, 3.63) is 66.2 Å². The molecule has 24 heavy (non-hydrogen) atoms. The molecule has 0 fully saturated rings. The van der Waals surface area contributed by atoms with Gasteiger partial charge in [0, 0.05) is 19.2 Å². The lowest BCUT2D eigenvalue weighted by Crippen LogP contribution is -2.50.